The zero-order valence-corrected chi connectivity index (χ0v) is 16.2. The Morgan fingerprint density at radius 1 is 1.36 bits per heavy atom. The minimum absolute atomic E-state index is 0.0519. The number of hydrogen-bond acceptors (Lipinski definition) is 3. The zero-order chi connectivity index (χ0) is 18.4. The molecule has 1 heterocycles. The first kappa shape index (κ1) is 19.3. The van der Waals surface area contributed by atoms with Crippen molar-refractivity contribution in [1.82, 2.24) is 25.3 Å². The van der Waals surface area contributed by atoms with Gasteiger partial charge in [0, 0.05) is 37.4 Å². The second-order valence-corrected chi connectivity index (χ2v) is 6.67. The van der Waals surface area contributed by atoms with Crippen LogP contribution in [0.2, 0.25) is 5.02 Å². The Morgan fingerprint density at radius 2 is 2.08 bits per heavy atom. The molecular weight excluding hydrogens is 336 g/mol. The molecule has 0 aliphatic carbocycles. The maximum absolute atomic E-state index is 6.28. The predicted molar refractivity (Wildman–Crippen MR) is 104 cm³/mol. The molecule has 0 bridgehead atoms. The lowest BCUT2D eigenvalue weighted by molar-refractivity contribution is 0.298. The minimum Gasteiger partial charge on any atom is -0.354 e. The van der Waals surface area contributed by atoms with Crippen molar-refractivity contribution in [2.75, 3.05) is 27.7 Å². The van der Waals surface area contributed by atoms with Crippen molar-refractivity contribution >= 4 is 17.6 Å². The van der Waals surface area contributed by atoms with Gasteiger partial charge in [0.05, 0.1) is 18.3 Å². The average Bonchev–Trinajstić information content (AvgIpc) is 3.00. The average molecular weight is 363 g/mol. The molecule has 2 rings (SSSR count). The number of halogens is 1. The first-order valence-corrected chi connectivity index (χ1v) is 8.66. The van der Waals surface area contributed by atoms with Crippen LogP contribution in [0.3, 0.4) is 0 Å². The molecule has 1 aromatic carbocycles. The summed E-state index contributed by atoms with van der Waals surface area (Å²) in [6.45, 7) is 2.78. The largest absolute Gasteiger partial charge is 0.354 e. The molecule has 2 unspecified atom stereocenters. The maximum atomic E-state index is 6.28. The summed E-state index contributed by atoms with van der Waals surface area (Å²) in [6, 6.07) is 8.08. The van der Waals surface area contributed by atoms with Crippen LogP contribution in [-0.4, -0.2) is 48.3 Å². The van der Waals surface area contributed by atoms with Gasteiger partial charge in [-0.1, -0.05) is 29.8 Å². The highest BCUT2D eigenvalue weighted by molar-refractivity contribution is 6.31. The summed E-state index contributed by atoms with van der Waals surface area (Å²) in [7, 11) is 7.81. The van der Waals surface area contributed by atoms with Crippen LogP contribution < -0.4 is 10.6 Å². The summed E-state index contributed by atoms with van der Waals surface area (Å²) < 4.78 is 1.82. The van der Waals surface area contributed by atoms with Gasteiger partial charge in [0.25, 0.3) is 0 Å². The van der Waals surface area contributed by atoms with E-state index in [-0.39, 0.29) is 12.1 Å². The summed E-state index contributed by atoms with van der Waals surface area (Å²) in [6.07, 6.45) is 3.93. The van der Waals surface area contributed by atoms with Crippen LogP contribution in [0.4, 0.5) is 0 Å². The molecule has 0 amide bonds. The number of hydrogen-bond donors (Lipinski definition) is 2. The lowest BCUT2D eigenvalue weighted by atomic mass is 10.1. The number of aromatic nitrogens is 2. The monoisotopic (exact) mass is 362 g/mol. The molecule has 0 fully saturated rings. The second-order valence-electron chi connectivity index (χ2n) is 6.27. The van der Waals surface area contributed by atoms with E-state index >= 15 is 0 Å². The van der Waals surface area contributed by atoms with E-state index in [0.717, 1.165) is 22.1 Å². The molecule has 6 nitrogen and oxygen atoms in total. The molecule has 7 heteroatoms. The summed E-state index contributed by atoms with van der Waals surface area (Å²) in [5, 5.41) is 11.8. The summed E-state index contributed by atoms with van der Waals surface area (Å²) >= 11 is 6.28. The summed E-state index contributed by atoms with van der Waals surface area (Å²) in [4.78, 5) is 6.49. The SMILES string of the molecule is CN=C(NCC(c1cnn(C)c1)N(C)C)NC(C)c1ccccc1Cl. The third-order valence-electron chi connectivity index (χ3n) is 4.14. The number of rotatable bonds is 6. The molecule has 0 aliphatic rings. The van der Waals surface area contributed by atoms with Crippen LogP contribution in [0.5, 0.6) is 0 Å². The quantitative estimate of drug-likeness (QED) is 0.612. The number of nitrogens with one attached hydrogen (secondary N) is 2. The van der Waals surface area contributed by atoms with Crippen molar-refractivity contribution in [2.24, 2.45) is 12.0 Å². The first-order chi connectivity index (χ1) is 11.9. The smallest absolute Gasteiger partial charge is 0.191 e. The molecule has 0 aliphatic heterocycles. The Balaban J connectivity index is 2.00. The summed E-state index contributed by atoms with van der Waals surface area (Å²) in [5.74, 6) is 0.739. The Morgan fingerprint density at radius 3 is 2.64 bits per heavy atom. The topological polar surface area (TPSA) is 57.5 Å². The van der Waals surface area contributed by atoms with Gasteiger partial charge in [-0.15, -0.1) is 0 Å². The number of likely N-dealkylation sites (N-methyl/N-ethyl adjacent to an activating group) is 1. The highest BCUT2D eigenvalue weighted by Gasteiger charge is 2.17. The molecule has 0 saturated heterocycles. The van der Waals surface area contributed by atoms with Gasteiger partial charge < -0.3 is 15.5 Å². The lowest BCUT2D eigenvalue weighted by Crippen LogP contribution is -2.42. The lowest BCUT2D eigenvalue weighted by Gasteiger charge is -2.26. The molecule has 25 heavy (non-hydrogen) atoms. The van der Waals surface area contributed by atoms with Gasteiger partial charge >= 0.3 is 0 Å². The molecule has 2 atom stereocenters. The molecule has 0 spiro atoms. The van der Waals surface area contributed by atoms with Gasteiger partial charge in [0.15, 0.2) is 5.96 Å². The van der Waals surface area contributed by atoms with Crippen molar-refractivity contribution in [2.45, 2.75) is 19.0 Å². The highest BCUT2D eigenvalue weighted by atomic mass is 35.5. The number of benzene rings is 1. The Labute approximate surface area is 154 Å². The van der Waals surface area contributed by atoms with E-state index in [1.165, 1.54) is 0 Å². The van der Waals surface area contributed by atoms with Crippen molar-refractivity contribution in [3.8, 4) is 0 Å². The van der Waals surface area contributed by atoms with Crippen LogP contribution in [0.15, 0.2) is 41.7 Å². The molecular formula is C18H27ClN6. The Hall–Kier alpha value is -2.05. The van der Waals surface area contributed by atoms with Crippen LogP contribution in [0, 0.1) is 0 Å². The van der Waals surface area contributed by atoms with Crippen LogP contribution in [0.1, 0.15) is 30.1 Å². The van der Waals surface area contributed by atoms with Gasteiger partial charge in [0.1, 0.15) is 0 Å². The maximum Gasteiger partial charge on any atom is 0.191 e. The van der Waals surface area contributed by atoms with Gasteiger partial charge in [-0.25, -0.2) is 0 Å². The zero-order valence-electron chi connectivity index (χ0n) is 15.5. The van der Waals surface area contributed by atoms with E-state index < -0.39 is 0 Å². The molecule has 136 valence electrons. The molecule has 0 saturated carbocycles. The standard InChI is InChI=1S/C18H27ClN6/c1-13(15-8-6-7-9-16(15)19)23-18(20-2)21-11-17(24(3)4)14-10-22-25(5)12-14/h6-10,12-13,17H,11H2,1-5H3,(H2,20,21,23). The Bertz CT molecular complexity index is 709. The van der Waals surface area contributed by atoms with Crippen molar-refractivity contribution in [1.29, 1.82) is 0 Å². The summed E-state index contributed by atoms with van der Waals surface area (Å²) in [5.41, 5.74) is 2.21. The van der Waals surface area contributed by atoms with E-state index in [1.54, 1.807) is 7.05 Å². The van der Waals surface area contributed by atoms with Crippen molar-refractivity contribution < 1.29 is 0 Å². The fourth-order valence-corrected chi connectivity index (χ4v) is 3.01. The van der Waals surface area contributed by atoms with E-state index in [9.17, 15) is 0 Å². The first-order valence-electron chi connectivity index (χ1n) is 8.29. The molecule has 2 N–H and O–H groups in total. The predicted octanol–water partition coefficient (Wildman–Crippen LogP) is 2.60. The van der Waals surface area contributed by atoms with E-state index in [2.05, 4.69) is 46.6 Å². The minimum atomic E-state index is 0.0519. The van der Waals surface area contributed by atoms with E-state index in [4.69, 9.17) is 11.6 Å². The Kier molecular flexibility index (Phi) is 6.84. The number of aliphatic imine (C=N–C) groups is 1. The second kappa shape index (κ2) is 8.87. The van der Waals surface area contributed by atoms with Crippen LogP contribution in [-0.2, 0) is 7.05 Å². The molecule has 2 aromatic rings. The van der Waals surface area contributed by atoms with Gasteiger partial charge in [-0.05, 0) is 32.6 Å². The third kappa shape index (κ3) is 5.21. The van der Waals surface area contributed by atoms with E-state index in [0.29, 0.717) is 6.54 Å². The fraction of sp³-hybridized carbons (Fsp3) is 0.444. The number of nitrogens with zero attached hydrogens (tertiary/aromatic N) is 4. The van der Waals surface area contributed by atoms with Crippen LogP contribution in [0.25, 0.3) is 0 Å². The third-order valence-corrected chi connectivity index (χ3v) is 4.49. The normalized spacial score (nSPS) is 14.4. The fourth-order valence-electron chi connectivity index (χ4n) is 2.71. The van der Waals surface area contributed by atoms with Gasteiger partial charge in [0.2, 0.25) is 0 Å². The van der Waals surface area contributed by atoms with Crippen molar-refractivity contribution in [3.63, 3.8) is 0 Å². The van der Waals surface area contributed by atoms with Crippen molar-refractivity contribution in [3.05, 3.63) is 52.8 Å². The number of guanidine groups is 1. The molecule has 1 aromatic heterocycles. The van der Waals surface area contributed by atoms with Crippen LogP contribution >= 0.6 is 11.6 Å². The number of aryl methyl sites for hydroxylation is 1. The van der Waals surface area contributed by atoms with Gasteiger partial charge in [-0.3, -0.25) is 9.67 Å². The van der Waals surface area contributed by atoms with E-state index in [1.807, 2.05) is 48.4 Å². The molecule has 0 radical (unpaired) electrons. The highest BCUT2D eigenvalue weighted by Crippen LogP contribution is 2.22. The van der Waals surface area contributed by atoms with Gasteiger partial charge in [-0.2, -0.15) is 5.10 Å².